The van der Waals surface area contributed by atoms with E-state index in [1.807, 2.05) is 29.8 Å². The number of hydrogen-bond donors (Lipinski definition) is 1. The highest BCUT2D eigenvalue weighted by molar-refractivity contribution is 14.0. The van der Waals surface area contributed by atoms with Crippen molar-refractivity contribution in [2.75, 3.05) is 20.6 Å². The van der Waals surface area contributed by atoms with Crippen molar-refractivity contribution in [1.82, 2.24) is 14.8 Å². The molecule has 1 aromatic heterocycles. The van der Waals surface area contributed by atoms with Gasteiger partial charge in [0.25, 0.3) is 0 Å². The number of aromatic nitrogens is 1. The molecule has 0 aliphatic carbocycles. The normalized spacial score (nSPS) is 11.2. The molecule has 2 rings (SSSR count). The number of benzene rings is 1. The maximum atomic E-state index is 13.6. The van der Waals surface area contributed by atoms with E-state index < -0.39 is 11.6 Å². The van der Waals surface area contributed by atoms with Crippen LogP contribution < -0.4 is 5.32 Å². The predicted octanol–water partition coefficient (Wildman–Crippen LogP) is 3.93. The van der Waals surface area contributed by atoms with Crippen molar-refractivity contribution in [2.24, 2.45) is 12.0 Å². The Balaban J connectivity index is 0.00000312. The summed E-state index contributed by atoms with van der Waals surface area (Å²) < 4.78 is 29.6. The van der Waals surface area contributed by atoms with E-state index in [1.165, 1.54) is 12.1 Å². The first-order valence-electron chi connectivity index (χ1n) is 7.57. The molecule has 0 aliphatic heterocycles. The minimum atomic E-state index is -0.562. The van der Waals surface area contributed by atoms with Gasteiger partial charge in [-0.3, -0.25) is 4.99 Å². The zero-order valence-electron chi connectivity index (χ0n) is 14.4. The van der Waals surface area contributed by atoms with Crippen LogP contribution in [0.4, 0.5) is 8.78 Å². The van der Waals surface area contributed by atoms with Crippen molar-refractivity contribution in [3.05, 3.63) is 57.8 Å². The number of nitrogens with zero attached hydrogens (tertiary/aromatic N) is 3. The zero-order valence-corrected chi connectivity index (χ0v) is 18.3. The van der Waals surface area contributed by atoms with Gasteiger partial charge in [-0.2, -0.15) is 0 Å². The highest BCUT2D eigenvalue weighted by Gasteiger charge is 2.10. The molecule has 0 spiro atoms. The van der Waals surface area contributed by atoms with Crippen LogP contribution in [-0.2, 0) is 20.0 Å². The Hall–Kier alpha value is -1.16. The average Bonchev–Trinajstić information content (AvgIpc) is 2.83. The lowest BCUT2D eigenvalue weighted by atomic mass is 10.1. The topological polar surface area (TPSA) is 32.6 Å². The van der Waals surface area contributed by atoms with Crippen LogP contribution in [-0.4, -0.2) is 36.1 Å². The molecule has 0 amide bonds. The van der Waals surface area contributed by atoms with Gasteiger partial charge in [-0.15, -0.1) is 24.0 Å². The van der Waals surface area contributed by atoms with E-state index in [9.17, 15) is 8.78 Å². The second-order valence-electron chi connectivity index (χ2n) is 5.58. The second kappa shape index (κ2) is 10.1. The summed E-state index contributed by atoms with van der Waals surface area (Å²) in [6, 6.07) is 5.70. The maximum absolute atomic E-state index is 13.6. The van der Waals surface area contributed by atoms with E-state index in [1.54, 1.807) is 7.05 Å². The van der Waals surface area contributed by atoms with Crippen LogP contribution in [0.2, 0.25) is 0 Å². The van der Waals surface area contributed by atoms with Crippen molar-refractivity contribution < 1.29 is 8.78 Å². The smallest absolute Gasteiger partial charge is 0.193 e. The summed E-state index contributed by atoms with van der Waals surface area (Å²) in [6.45, 7) is 1.20. The Labute approximate surface area is 172 Å². The number of aliphatic imine (C=N–C) groups is 1. The number of halogens is 4. The molecule has 0 saturated carbocycles. The van der Waals surface area contributed by atoms with E-state index in [0.29, 0.717) is 25.1 Å². The van der Waals surface area contributed by atoms with E-state index in [0.717, 1.165) is 22.2 Å². The molecule has 0 bridgehead atoms. The summed E-state index contributed by atoms with van der Waals surface area (Å²) >= 11 is 3.46. The van der Waals surface area contributed by atoms with Gasteiger partial charge in [0.05, 0.1) is 6.54 Å². The summed E-state index contributed by atoms with van der Waals surface area (Å²) in [5.74, 6) is -0.364. The quantitative estimate of drug-likeness (QED) is 0.364. The molecule has 2 aromatic rings. The lowest BCUT2D eigenvalue weighted by Gasteiger charge is -2.22. The average molecular weight is 527 g/mol. The lowest BCUT2D eigenvalue weighted by molar-refractivity contribution is 0.462. The van der Waals surface area contributed by atoms with Crippen LogP contribution in [0.1, 0.15) is 11.3 Å². The molecule has 0 fully saturated rings. The van der Waals surface area contributed by atoms with Crippen molar-refractivity contribution in [2.45, 2.75) is 13.0 Å². The third-order valence-electron chi connectivity index (χ3n) is 3.74. The van der Waals surface area contributed by atoms with Crippen LogP contribution in [0.3, 0.4) is 0 Å². The third-order valence-corrected chi connectivity index (χ3v) is 4.17. The molecule has 0 radical (unpaired) electrons. The van der Waals surface area contributed by atoms with Crippen LogP contribution in [0.25, 0.3) is 0 Å². The number of rotatable bonds is 5. The van der Waals surface area contributed by atoms with Gasteiger partial charge < -0.3 is 14.8 Å². The van der Waals surface area contributed by atoms with E-state index in [4.69, 9.17) is 0 Å². The summed E-state index contributed by atoms with van der Waals surface area (Å²) in [4.78, 5) is 6.23. The Morgan fingerprint density at radius 2 is 2.04 bits per heavy atom. The highest BCUT2D eigenvalue weighted by atomic mass is 127. The molecule has 0 unspecified atom stereocenters. The molecule has 0 saturated heterocycles. The van der Waals surface area contributed by atoms with Crippen molar-refractivity contribution >= 4 is 45.9 Å². The Morgan fingerprint density at radius 1 is 1.32 bits per heavy atom. The molecule has 1 aromatic carbocycles. The molecular weight excluding hydrogens is 505 g/mol. The summed E-state index contributed by atoms with van der Waals surface area (Å²) in [5.41, 5.74) is 1.62. The largest absolute Gasteiger partial charge is 0.356 e. The fourth-order valence-electron chi connectivity index (χ4n) is 2.46. The summed E-state index contributed by atoms with van der Waals surface area (Å²) in [5, 5.41) is 3.20. The van der Waals surface area contributed by atoms with Crippen LogP contribution >= 0.6 is 39.9 Å². The molecule has 4 nitrogen and oxygen atoms in total. The minimum absolute atomic E-state index is 0. The van der Waals surface area contributed by atoms with Gasteiger partial charge in [-0.1, -0.05) is 6.07 Å². The van der Waals surface area contributed by atoms with E-state index >= 15 is 0 Å². The van der Waals surface area contributed by atoms with Gasteiger partial charge in [-0.25, -0.2) is 8.78 Å². The van der Waals surface area contributed by atoms with Crippen LogP contribution in [0.15, 0.2) is 39.9 Å². The monoisotopic (exact) mass is 526 g/mol. The van der Waals surface area contributed by atoms with Gasteiger partial charge >= 0.3 is 0 Å². The third kappa shape index (κ3) is 6.25. The van der Waals surface area contributed by atoms with E-state index in [-0.39, 0.29) is 24.0 Å². The lowest BCUT2D eigenvalue weighted by Crippen LogP contribution is -2.39. The Kier molecular flexibility index (Phi) is 8.84. The zero-order chi connectivity index (χ0) is 17.7. The minimum Gasteiger partial charge on any atom is -0.356 e. The van der Waals surface area contributed by atoms with Crippen LogP contribution in [0.5, 0.6) is 0 Å². The Bertz CT molecular complexity index is 733. The van der Waals surface area contributed by atoms with E-state index in [2.05, 4.69) is 32.3 Å². The first-order valence-corrected chi connectivity index (χ1v) is 8.36. The number of hydrogen-bond acceptors (Lipinski definition) is 1. The molecule has 0 atom stereocenters. The van der Waals surface area contributed by atoms with Gasteiger partial charge in [-0.05, 0) is 40.0 Å². The number of nitrogens with one attached hydrogen (secondary N) is 1. The molecule has 0 aliphatic rings. The first-order chi connectivity index (χ1) is 11.4. The molecule has 138 valence electrons. The van der Waals surface area contributed by atoms with Crippen LogP contribution in [0, 0.1) is 11.6 Å². The molecule has 1 N–H and O–H groups in total. The van der Waals surface area contributed by atoms with Crippen molar-refractivity contribution in [1.29, 1.82) is 0 Å². The Morgan fingerprint density at radius 3 is 2.60 bits per heavy atom. The number of aryl methyl sites for hydroxylation is 1. The second-order valence-corrected chi connectivity index (χ2v) is 6.49. The SMILES string of the molecule is CN=C(NCCc1ccc(F)cc1F)N(C)Cc1cc(Br)cn1C.I. The molecule has 8 heteroatoms. The molecule has 25 heavy (non-hydrogen) atoms. The fraction of sp³-hybridized carbons (Fsp3) is 0.353. The van der Waals surface area contributed by atoms with Gasteiger partial charge in [0.15, 0.2) is 5.96 Å². The number of guanidine groups is 1. The molecule has 1 heterocycles. The maximum Gasteiger partial charge on any atom is 0.193 e. The summed E-state index contributed by atoms with van der Waals surface area (Å²) in [7, 11) is 5.63. The van der Waals surface area contributed by atoms with Crippen molar-refractivity contribution in [3.8, 4) is 0 Å². The molecular formula is C17H22BrF2IN4. The fourth-order valence-corrected chi connectivity index (χ4v) is 3.03. The van der Waals surface area contributed by atoms with Crippen molar-refractivity contribution in [3.63, 3.8) is 0 Å². The van der Waals surface area contributed by atoms with Gasteiger partial charge in [0.1, 0.15) is 11.6 Å². The predicted molar refractivity (Wildman–Crippen MR) is 111 cm³/mol. The highest BCUT2D eigenvalue weighted by Crippen LogP contribution is 2.15. The van der Waals surface area contributed by atoms with Gasteiger partial charge in [0, 0.05) is 50.1 Å². The first kappa shape index (κ1) is 21.9. The standard InChI is InChI=1S/C17H21BrF2N4.HI/c1-21-17(24(3)11-15-8-13(18)10-23(15)2)22-7-6-12-4-5-14(19)9-16(12)20;/h4-5,8-10H,6-7,11H2,1-3H3,(H,21,22);1H. The van der Waals surface area contributed by atoms with Gasteiger partial charge in [0.2, 0.25) is 0 Å². The summed E-state index contributed by atoms with van der Waals surface area (Å²) in [6.07, 6.45) is 2.45.